The SMILES string of the molecule is CCCCCCC(NN)c1ccc(Br)s1. The number of nitrogens with one attached hydrogen (secondary N) is 1. The van der Waals surface area contributed by atoms with Gasteiger partial charge in [0.2, 0.25) is 0 Å². The Morgan fingerprint density at radius 2 is 2.20 bits per heavy atom. The highest BCUT2D eigenvalue weighted by Crippen LogP contribution is 2.29. The molecule has 0 aliphatic rings. The number of hydrogen-bond acceptors (Lipinski definition) is 3. The lowest BCUT2D eigenvalue weighted by Gasteiger charge is -2.13. The van der Waals surface area contributed by atoms with E-state index in [1.165, 1.54) is 34.3 Å². The molecule has 3 N–H and O–H groups in total. The fourth-order valence-electron chi connectivity index (χ4n) is 1.60. The molecule has 1 atom stereocenters. The smallest absolute Gasteiger partial charge is 0.0702 e. The normalized spacial score (nSPS) is 13.0. The van der Waals surface area contributed by atoms with E-state index < -0.39 is 0 Å². The third-order valence-electron chi connectivity index (χ3n) is 2.48. The summed E-state index contributed by atoms with van der Waals surface area (Å²) < 4.78 is 1.17. The van der Waals surface area contributed by atoms with Gasteiger partial charge in [0.05, 0.1) is 9.83 Å². The molecule has 1 aromatic rings. The van der Waals surface area contributed by atoms with Gasteiger partial charge in [-0.05, 0) is 34.5 Å². The first kappa shape index (κ1) is 13.2. The molecule has 0 saturated heterocycles. The Morgan fingerprint density at radius 1 is 1.40 bits per heavy atom. The molecule has 1 rings (SSSR count). The second kappa shape index (κ2) is 7.39. The zero-order valence-corrected chi connectivity index (χ0v) is 11.5. The van der Waals surface area contributed by atoms with Crippen LogP contribution in [0.2, 0.25) is 0 Å². The molecule has 0 spiro atoms. The largest absolute Gasteiger partial charge is 0.271 e. The average Bonchev–Trinajstić information content (AvgIpc) is 2.65. The molecule has 86 valence electrons. The molecular formula is C11H19BrN2S. The number of halogens is 1. The van der Waals surface area contributed by atoms with Gasteiger partial charge < -0.3 is 0 Å². The standard InChI is InChI=1S/C11H19BrN2S/c1-2-3-4-5-6-9(14-13)10-7-8-11(12)15-10/h7-9,14H,2-6,13H2,1H3. The molecule has 0 fully saturated rings. The Hall–Kier alpha value is 0.1000. The molecule has 0 aromatic carbocycles. The lowest BCUT2D eigenvalue weighted by atomic mass is 10.1. The van der Waals surface area contributed by atoms with E-state index in [1.54, 1.807) is 11.3 Å². The van der Waals surface area contributed by atoms with Crippen molar-refractivity contribution >= 4 is 27.3 Å². The van der Waals surface area contributed by atoms with E-state index in [2.05, 4.69) is 40.4 Å². The predicted octanol–water partition coefficient (Wildman–Crippen LogP) is 3.99. The Bertz CT molecular complexity index is 275. The van der Waals surface area contributed by atoms with Gasteiger partial charge in [-0.2, -0.15) is 0 Å². The van der Waals surface area contributed by atoms with Crippen LogP contribution in [0.25, 0.3) is 0 Å². The summed E-state index contributed by atoms with van der Waals surface area (Å²) in [4.78, 5) is 1.32. The van der Waals surface area contributed by atoms with Crippen LogP contribution in [0.1, 0.15) is 49.9 Å². The summed E-state index contributed by atoms with van der Waals surface area (Å²) in [5, 5.41) is 0. The van der Waals surface area contributed by atoms with E-state index in [0.717, 1.165) is 6.42 Å². The first-order valence-corrected chi connectivity index (χ1v) is 7.10. The summed E-state index contributed by atoms with van der Waals surface area (Å²) in [5.74, 6) is 5.57. The van der Waals surface area contributed by atoms with Crippen molar-refractivity contribution in [2.24, 2.45) is 5.84 Å². The zero-order chi connectivity index (χ0) is 11.1. The summed E-state index contributed by atoms with van der Waals surface area (Å²) in [6.45, 7) is 2.23. The molecule has 1 aromatic heterocycles. The predicted molar refractivity (Wildman–Crippen MR) is 70.8 cm³/mol. The van der Waals surface area contributed by atoms with Crippen LogP contribution >= 0.6 is 27.3 Å². The molecule has 15 heavy (non-hydrogen) atoms. The maximum absolute atomic E-state index is 5.57. The van der Waals surface area contributed by atoms with Crippen molar-refractivity contribution in [3.63, 3.8) is 0 Å². The quantitative estimate of drug-likeness (QED) is 0.453. The third-order valence-corrected chi connectivity index (χ3v) is 4.22. The molecule has 0 aliphatic heterocycles. The van der Waals surface area contributed by atoms with Crippen LogP contribution in [0.4, 0.5) is 0 Å². The molecule has 0 radical (unpaired) electrons. The van der Waals surface area contributed by atoms with E-state index in [4.69, 9.17) is 5.84 Å². The number of thiophene rings is 1. The topological polar surface area (TPSA) is 38.0 Å². The van der Waals surface area contributed by atoms with Crippen molar-refractivity contribution in [3.05, 3.63) is 20.8 Å². The van der Waals surface area contributed by atoms with Crippen molar-refractivity contribution in [1.82, 2.24) is 5.43 Å². The highest BCUT2D eigenvalue weighted by Gasteiger charge is 2.11. The van der Waals surface area contributed by atoms with E-state index in [-0.39, 0.29) is 0 Å². The van der Waals surface area contributed by atoms with Gasteiger partial charge in [-0.1, -0.05) is 32.6 Å². The van der Waals surface area contributed by atoms with Gasteiger partial charge in [-0.15, -0.1) is 11.3 Å². The first-order chi connectivity index (χ1) is 7.27. The van der Waals surface area contributed by atoms with E-state index in [0.29, 0.717) is 6.04 Å². The second-order valence-electron chi connectivity index (χ2n) is 3.71. The lowest BCUT2D eigenvalue weighted by Crippen LogP contribution is -2.27. The van der Waals surface area contributed by atoms with Crippen molar-refractivity contribution in [2.75, 3.05) is 0 Å². The number of nitrogens with two attached hydrogens (primary N) is 1. The minimum atomic E-state index is 0.318. The first-order valence-electron chi connectivity index (χ1n) is 5.49. The molecule has 2 nitrogen and oxygen atoms in total. The van der Waals surface area contributed by atoms with Gasteiger partial charge in [0.1, 0.15) is 0 Å². The summed E-state index contributed by atoms with van der Waals surface area (Å²) >= 11 is 5.23. The summed E-state index contributed by atoms with van der Waals surface area (Å²) in [6, 6.07) is 4.54. The van der Waals surface area contributed by atoms with E-state index in [1.807, 2.05) is 0 Å². The van der Waals surface area contributed by atoms with Gasteiger partial charge in [0.15, 0.2) is 0 Å². The van der Waals surface area contributed by atoms with Gasteiger partial charge >= 0.3 is 0 Å². The molecule has 0 aliphatic carbocycles. The minimum absolute atomic E-state index is 0.318. The van der Waals surface area contributed by atoms with Crippen LogP contribution in [0.15, 0.2) is 15.9 Å². The maximum atomic E-state index is 5.57. The monoisotopic (exact) mass is 290 g/mol. The number of hydrazine groups is 1. The van der Waals surface area contributed by atoms with Crippen LogP contribution in [-0.2, 0) is 0 Å². The Morgan fingerprint density at radius 3 is 2.73 bits per heavy atom. The molecule has 1 unspecified atom stereocenters. The fraction of sp³-hybridized carbons (Fsp3) is 0.636. The number of unbranched alkanes of at least 4 members (excludes halogenated alkanes) is 3. The lowest BCUT2D eigenvalue weighted by molar-refractivity contribution is 0.488. The zero-order valence-electron chi connectivity index (χ0n) is 9.13. The number of rotatable bonds is 7. The summed E-state index contributed by atoms with van der Waals surface area (Å²) in [7, 11) is 0. The molecule has 0 bridgehead atoms. The van der Waals surface area contributed by atoms with Crippen molar-refractivity contribution in [1.29, 1.82) is 0 Å². The van der Waals surface area contributed by atoms with Gasteiger partial charge in [-0.3, -0.25) is 11.3 Å². The van der Waals surface area contributed by atoms with Crippen LogP contribution in [0.5, 0.6) is 0 Å². The van der Waals surface area contributed by atoms with Crippen LogP contribution in [0.3, 0.4) is 0 Å². The van der Waals surface area contributed by atoms with Gasteiger partial charge in [-0.25, -0.2) is 0 Å². The molecule has 0 amide bonds. The average molecular weight is 291 g/mol. The van der Waals surface area contributed by atoms with E-state index >= 15 is 0 Å². The molecule has 4 heteroatoms. The molecular weight excluding hydrogens is 272 g/mol. The Balaban J connectivity index is 2.35. The summed E-state index contributed by atoms with van der Waals surface area (Å²) in [6.07, 6.45) is 6.29. The van der Waals surface area contributed by atoms with E-state index in [9.17, 15) is 0 Å². The summed E-state index contributed by atoms with van der Waals surface area (Å²) in [5.41, 5.74) is 2.90. The number of hydrogen-bond donors (Lipinski definition) is 2. The second-order valence-corrected chi connectivity index (χ2v) is 6.21. The Kier molecular flexibility index (Phi) is 6.48. The van der Waals surface area contributed by atoms with Crippen molar-refractivity contribution in [2.45, 2.75) is 45.1 Å². The van der Waals surface area contributed by atoms with Crippen LogP contribution in [-0.4, -0.2) is 0 Å². The molecule has 0 saturated carbocycles. The van der Waals surface area contributed by atoms with Gasteiger partial charge in [0.25, 0.3) is 0 Å². The minimum Gasteiger partial charge on any atom is -0.271 e. The van der Waals surface area contributed by atoms with Crippen LogP contribution in [0, 0.1) is 0 Å². The highest BCUT2D eigenvalue weighted by atomic mass is 79.9. The van der Waals surface area contributed by atoms with Gasteiger partial charge in [0, 0.05) is 4.88 Å². The van der Waals surface area contributed by atoms with Crippen molar-refractivity contribution in [3.8, 4) is 0 Å². The van der Waals surface area contributed by atoms with Crippen molar-refractivity contribution < 1.29 is 0 Å². The third kappa shape index (κ3) is 4.64. The van der Waals surface area contributed by atoms with Crippen LogP contribution < -0.4 is 11.3 Å². The maximum Gasteiger partial charge on any atom is 0.0702 e. The highest BCUT2D eigenvalue weighted by molar-refractivity contribution is 9.11. The Labute approximate surface area is 104 Å². The fourth-order valence-corrected chi connectivity index (χ4v) is 3.12. The molecule has 1 heterocycles.